The van der Waals surface area contributed by atoms with Crippen LogP contribution in [0.1, 0.15) is 36.0 Å². The lowest BCUT2D eigenvalue weighted by Crippen LogP contribution is -2.26. The third-order valence-corrected chi connectivity index (χ3v) is 7.80. The van der Waals surface area contributed by atoms with Crippen LogP contribution >= 0.6 is 23.4 Å². The fraction of sp³-hybridized carbons (Fsp3) is 0.400. The van der Waals surface area contributed by atoms with Crippen LogP contribution in [0.4, 0.5) is 0 Å². The summed E-state index contributed by atoms with van der Waals surface area (Å²) in [6.45, 7) is 3.72. The zero-order chi connectivity index (χ0) is 19.8. The number of hydrogen-bond acceptors (Lipinski definition) is 5. The van der Waals surface area contributed by atoms with Gasteiger partial charge in [0.15, 0.2) is 21.4 Å². The summed E-state index contributed by atoms with van der Waals surface area (Å²) < 4.78 is 23.4. The monoisotopic (exact) mass is 424 g/mol. The van der Waals surface area contributed by atoms with Crippen molar-refractivity contribution in [1.82, 2.24) is 0 Å². The van der Waals surface area contributed by atoms with Crippen LogP contribution in [0.5, 0.6) is 0 Å². The molecule has 0 amide bonds. The Kier molecular flexibility index (Phi) is 5.99. The molecule has 2 bridgehead atoms. The average Bonchev–Trinajstić information content (AvgIpc) is 3.04. The number of carbonyl (C=O) groups excluding carboxylic acids is 2. The molecule has 144 valence electrons. The minimum Gasteiger partial charge on any atom is -0.294 e. The van der Waals surface area contributed by atoms with E-state index in [0.717, 1.165) is 42.6 Å². The van der Waals surface area contributed by atoms with Crippen molar-refractivity contribution in [2.24, 2.45) is 11.8 Å². The third-order valence-electron chi connectivity index (χ3n) is 5.09. The Bertz CT molecular complexity index is 947. The van der Waals surface area contributed by atoms with E-state index in [4.69, 9.17) is 11.6 Å². The summed E-state index contributed by atoms with van der Waals surface area (Å²) in [5, 5.41) is 0.0524. The number of Topliss-reactive ketones (excluding diaryl/α,β-unsaturated/α-hetero) is 2. The first-order valence-corrected chi connectivity index (χ1v) is 12.1. The van der Waals surface area contributed by atoms with Gasteiger partial charge in [-0.3, -0.25) is 9.59 Å². The van der Waals surface area contributed by atoms with Crippen molar-refractivity contribution in [1.29, 1.82) is 0 Å². The van der Waals surface area contributed by atoms with E-state index < -0.39 is 15.6 Å². The van der Waals surface area contributed by atoms with Gasteiger partial charge < -0.3 is 0 Å². The molecule has 7 heteroatoms. The Morgan fingerprint density at radius 2 is 2.04 bits per heavy atom. The summed E-state index contributed by atoms with van der Waals surface area (Å²) in [5.41, 5.74) is 0.423. The number of fused-ring (bicyclic) bond motifs is 2. The van der Waals surface area contributed by atoms with Crippen LogP contribution < -0.4 is 0 Å². The van der Waals surface area contributed by atoms with E-state index in [1.807, 2.05) is 6.08 Å². The molecule has 1 fully saturated rings. The summed E-state index contributed by atoms with van der Waals surface area (Å²) >= 11 is 7.78. The van der Waals surface area contributed by atoms with Crippen molar-refractivity contribution in [2.75, 3.05) is 12.0 Å². The molecular weight excluding hydrogens is 404 g/mol. The van der Waals surface area contributed by atoms with E-state index in [1.165, 1.54) is 18.2 Å². The maximum atomic E-state index is 13.2. The van der Waals surface area contributed by atoms with Crippen LogP contribution in [0.15, 0.2) is 46.2 Å². The third kappa shape index (κ3) is 4.08. The van der Waals surface area contributed by atoms with E-state index in [2.05, 4.69) is 6.58 Å². The lowest BCUT2D eigenvalue weighted by atomic mass is 9.84. The molecule has 0 aromatic heterocycles. The molecule has 1 saturated carbocycles. The number of sulfone groups is 1. The van der Waals surface area contributed by atoms with Gasteiger partial charge in [-0.2, -0.15) is 0 Å². The van der Waals surface area contributed by atoms with Crippen molar-refractivity contribution in [3.8, 4) is 0 Å². The Morgan fingerprint density at radius 1 is 1.33 bits per heavy atom. The van der Waals surface area contributed by atoms with Crippen molar-refractivity contribution in [3.63, 3.8) is 0 Å². The van der Waals surface area contributed by atoms with Crippen LogP contribution in [0.3, 0.4) is 0 Å². The number of ketones is 2. The van der Waals surface area contributed by atoms with Crippen LogP contribution in [-0.2, 0) is 14.6 Å². The van der Waals surface area contributed by atoms with Crippen molar-refractivity contribution in [3.05, 3.63) is 51.9 Å². The molecule has 2 aliphatic rings. The second kappa shape index (κ2) is 7.94. The Morgan fingerprint density at radius 3 is 2.67 bits per heavy atom. The molecule has 2 unspecified atom stereocenters. The van der Waals surface area contributed by atoms with Crippen molar-refractivity contribution < 1.29 is 18.0 Å². The molecular formula is C20H21ClO4S2. The number of carbonyl (C=O) groups is 2. The highest BCUT2D eigenvalue weighted by Crippen LogP contribution is 2.48. The smallest absolute Gasteiger partial charge is 0.198 e. The van der Waals surface area contributed by atoms with Gasteiger partial charge in [0.2, 0.25) is 0 Å². The molecule has 0 N–H and O–H groups in total. The predicted octanol–water partition coefficient (Wildman–Crippen LogP) is 4.49. The van der Waals surface area contributed by atoms with Crippen LogP contribution in [-0.4, -0.2) is 32.0 Å². The van der Waals surface area contributed by atoms with E-state index in [1.54, 1.807) is 11.8 Å². The quantitative estimate of drug-likeness (QED) is 0.279. The molecule has 2 aliphatic carbocycles. The Hall–Kier alpha value is -1.37. The van der Waals surface area contributed by atoms with Gasteiger partial charge in [-0.1, -0.05) is 17.7 Å². The minimum absolute atomic E-state index is 0.0497. The summed E-state index contributed by atoms with van der Waals surface area (Å²) in [4.78, 5) is 27.0. The van der Waals surface area contributed by atoms with Gasteiger partial charge in [-0.05, 0) is 49.8 Å². The molecule has 27 heavy (non-hydrogen) atoms. The fourth-order valence-corrected chi connectivity index (χ4v) is 5.97. The fourth-order valence-electron chi connectivity index (χ4n) is 3.70. The number of thioether (sulfide) groups is 1. The maximum absolute atomic E-state index is 13.2. The molecule has 1 aromatic carbocycles. The predicted molar refractivity (Wildman–Crippen MR) is 109 cm³/mol. The number of hydrogen-bond donors (Lipinski definition) is 0. The van der Waals surface area contributed by atoms with Crippen LogP contribution in [0.2, 0.25) is 5.02 Å². The molecule has 2 atom stereocenters. The van der Waals surface area contributed by atoms with Crippen molar-refractivity contribution in [2.45, 2.75) is 30.6 Å². The average molecular weight is 425 g/mol. The molecule has 0 radical (unpaired) electrons. The topological polar surface area (TPSA) is 68.3 Å². The Labute approximate surface area is 169 Å². The Balaban J connectivity index is 2.03. The van der Waals surface area contributed by atoms with E-state index in [9.17, 15) is 18.0 Å². The highest BCUT2D eigenvalue weighted by Gasteiger charge is 2.43. The first kappa shape index (κ1) is 20.4. The zero-order valence-corrected chi connectivity index (χ0v) is 17.4. The van der Waals surface area contributed by atoms with Crippen molar-refractivity contribution >= 4 is 44.8 Å². The van der Waals surface area contributed by atoms with Gasteiger partial charge >= 0.3 is 0 Å². The van der Waals surface area contributed by atoms with E-state index in [0.29, 0.717) is 0 Å². The van der Waals surface area contributed by atoms with Crippen LogP contribution in [0, 0.1) is 11.8 Å². The second-order valence-electron chi connectivity index (χ2n) is 6.98. The first-order chi connectivity index (χ1) is 12.7. The first-order valence-electron chi connectivity index (χ1n) is 8.80. The number of allylic oxidation sites excluding steroid dienone is 3. The zero-order valence-electron chi connectivity index (χ0n) is 15.0. The molecule has 0 spiro atoms. The van der Waals surface area contributed by atoms with Gasteiger partial charge in [0.05, 0.1) is 15.5 Å². The SMILES string of the molecule is C=CCCSC1=C(C(=O)c2ccc(S(C)(=O)=O)cc2Cl)C(=O)C2CCC1C2. The van der Waals surface area contributed by atoms with E-state index in [-0.39, 0.29) is 38.7 Å². The highest BCUT2D eigenvalue weighted by molar-refractivity contribution is 8.03. The lowest BCUT2D eigenvalue weighted by molar-refractivity contribution is -0.119. The van der Waals surface area contributed by atoms with Gasteiger partial charge in [-0.15, -0.1) is 18.3 Å². The minimum atomic E-state index is -3.42. The molecule has 0 aliphatic heterocycles. The highest BCUT2D eigenvalue weighted by atomic mass is 35.5. The maximum Gasteiger partial charge on any atom is 0.198 e. The molecule has 0 saturated heterocycles. The summed E-state index contributed by atoms with van der Waals surface area (Å²) in [6, 6.07) is 4.04. The van der Waals surface area contributed by atoms with Gasteiger partial charge in [0, 0.05) is 28.4 Å². The van der Waals surface area contributed by atoms with Gasteiger partial charge in [-0.25, -0.2) is 8.42 Å². The molecule has 3 rings (SSSR count). The summed E-state index contributed by atoms with van der Waals surface area (Å²) in [6.07, 6.45) is 6.24. The number of benzene rings is 1. The largest absolute Gasteiger partial charge is 0.294 e. The van der Waals surface area contributed by atoms with Crippen LogP contribution in [0.25, 0.3) is 0 Å². The molecule has 4 nitrogen and oxygen atoms in total. The number of rotatable bonds is 7. The lowest BCUT2D eigenvalue weighted by Gasteiger charge is -2.24. The molecule has 0 heterocycles. The standard InChI is InChI=1S/C20H21ClO4S2/c1-3-4-9-26-20-13-6-5-12(10-13)18(22)17(20)19(23)15-8-7-14(11-16(15)21)27(2,24)25/h3,7-8,11-13H,1,4-6,9-10H2,2H3. The van der Waals surface area contributed by atoms with Gasteiger partial charge in [0.1, 0.15) is 0 Å². The normalized spacial score (nSPS) is 22.2. The summed E-state index contributed by atoms with van der Waals surface area (Å²) in [5.74, 6) is 0.424. The molecule has 1 aromatic rings. The van der Waals surface area contributed by atoms with Gasteiger partial charge in [0.25, 0.3) is 0 Å². The number of halogens is 1. The van der Waals surface area contributed by atoms with E-state index >= 15 is 0 Å². The second-order valence-corrected chi connectivity index (χ2v) is 10.5. The summed E-state index contributed by atoms with van der Waals surface area (Å²) in [7, 11) is -3.42.